The van der Waals surface area contributed by atoms with Crippen LogP contribution in [0.15, 0.2) is 18.2 Å². The number of rotatable bonds is 1. The smallest absolute Gasteiger partial charge is 0.0319 e. The van der Waals surface area contributed by atoms with Crippen molar-refractivity contribution in [2.24, 2.45) is 0 Å². The van der Waals surface area contributed by atoms with E-state index in [0.717, 1.165) is 0 Å². The molecule has 1 aromatic rings. The molecule has 0 aromatic heterocycles. The van der Waals surface area contributed by atoms with Gasteiger partial charge >= 0.3 is 0 Å². The molecular formula is C14H21N. The zero-order valence-electron chi connectivity index (χ0n) is 10.2. The first-order valence-electron chi connectivity index (χ1n) is 5.92. The number of nitrogens with zero attached hydrogens (tertiary/aromatic N) is 1. The van der Waals surface area contributed by atoms with Gasteiger partial charge in [0.15, 0.2) is 0 Å². The normalized spacial score (nSPS) is 21.8. The average molecular weight is 203 g/mol. The molecule has 0 fully saturated rings. The first-order chi connectivity index (χ1) is 7.09. The highest BCUT2D eigenvalue weighted by atomic mass is 15.1. The van der Waals surface area contributed by atoms with Crippen molar-refractivity contribution in [3.63, 3.8) is 0 Å². The summed E-state index contributed by atoms with van der Waals surface area (Å²) in [6, 6.07) is 7.60. The van der Waals surface area contributed by atoms with Crippen molar-refractivity contribution in [3.8, 4) is 0 Å². The molecule has 82 valence electrons. The fraction of sp³-hybridized carbons (Fsp3) is 0.571. The molecule has 0 radical (unpaired) electrons. The van der Waals surface area contributed by atoms with Gasteiger partial charge in [0.05, 0.1) is 0 Å². The topological polar surface area (TPSA) is 3.24 Å². The number of fused-ring (bicyclic) bond motifs is 1. The molecule has 1 nitrogen and oxygen atoms in total. The second-order valence-electron chi connectivity index (χ2n) is 5.02. The second-order valence-corrected chi connectivity index (χ2v) is 5.02. The van der Waals surface area contributed by atoms with Crippen molar-refractivity contribution in [1.29, 1.82) is 0 Å². The third-order valence-corrected chi connectivity index (χ3v) is 3.68. The molecule has 2 rings (SSSR count). The predicted octanol–water partition coefficient (Wildman–Crippen LogP) is 3.36. The van der Waals surface area contributed by atoms with Crippen molar-refractivity contribution >= 4 is 0 Å². The van der Waals surface area contributed by atoms with Crippen LogP contribution in [0, 0.1) is 0 Å². The molecule has 0 bridgehead atoms. The van der Waals surface area contributed by atoms with Crippen LogP contribution in [0.25, 0.3) is 0 Å². The zero-order chi connectivity index (χ0) is 11.0. The third-order valence-electron chi connectivity index (χ3n) is 3.68. The van der Waals surface area contributed by atoms with E-state index in [1.165, 1.54) is 24.1 Å². The highest BCUT2D eigenvalue weighted by molar-refractivity contribution is 5.37. The Kier molecular flexibility index (Phi) is 2.83. The fourth-order valence-corrected chi connectivity index (χ4v) is 2.32. The van der Waals surface area contributed by atoms with Crippen molar-refractivity contribution in [3.05, 3.63) is 34.9 Å². The van der Waals surface area contributed by atoms with Crippen LogP contribution in [-0.4, -0.2) is 18.5 Å². The van der Waals surface area contributed by atoms with E-state index in [1.807, 2.05) is 0 Å². The molecule has 1 heteroatoms. The Labute approximate surface area is 93.1 Å². The Bertz CT molecular complexity index is 354. The SMILES string of the molecule is CC(C)c1ccc2c(c1)C(C)N(C)CC2. The van der Waals surface area contributed by atoms with Gasteiger partial charge in [0.2, 0.25) is 0 Å². The van der Waals surface area contributed by atoms with Crippen molar-refractivity contribution < 1.29 is 0 Å². The molecule has 0 N–H and O–H groups in total. The van der Waals surface area contributed by atoms with Gasteiger partial charge in [-0.15, -0.1) is 0 Å². The summed E-state index contributed by atoms with van der Waals surface area (Å²) in [6.07, 6.45) is 1.20. The van der Waals surface area contributed by atoms with Crippen LogP contribution in [0.1, 0.15) is 49.4 Å². The lowest BCUT2D eigenvalue weighted by molar-refractivity contribution is 0.247. The van der Waals surface area contributed by atoms with Gasteiger partial charge in [-0.1, -0.05) is 32.0 Å². The van der Waals surface area contributed by atoms with E-state index in [9.17, 15) is 0 Å². The monoisotopic (exact) mass is 203 g/mol. The van der Waals surface area contributed by atoms with Crippen molar-refractivity contribution in [1.82, 2.24) is 4.90 Å². The molecule has 1 unspecified atom stereocenters. The van der Waals surface area contributed by atoms with E-state index in [1.54, 1.807) is 5.56 Å². The van der Waals surface area contributed by atoms with E-state index >= 15 is 0 Å². The quantitative estimate of drug-likeness (QED) is 0.676. The Morgan fingerprint density at radius 1 is 1.33 bits per heavy atom. The van der Waals surface area contributed by atoms with Gasteiger partial charge in [0.1, 0.15) is 0 Å². The minimum Gasteiger partial charge on any atom is -0.299 e. The molecule has 0 aliphatic carbocycles. The molecule has 1 aromatic carbocycles. The lowest BCUT2D eigenvalue weighted by atomic mass is 9.90. The predicted molar refractivity (Wildman–Crippen MR) is 65.3 cm³/mol. The molecule has 0 amide bonds. The van der Waals surface area contributed by atoms with E-state index in [4.69, 9.17) is 0 Å². The van der Waals surface area contributed by atoms with Gasteiger partial charge < -0.3 is 0 Å². The maximum atomic E-state index is 2.44. The number of hydrogen-bond acceptors (Lipinski definition) is 1. The van der Waals surface area contributed by atoms with E-state index in [0.29, 0.717) is 12.0 Å². The largest absolute Gasteiger partial charge is 0.299 e. The van der Waals surface area contributed by atoms with Gasteiger partial charge in [-0.2, -0.15) is 0 Å². The summed E-state index contributed by atoms with van der Waals surface area (Å²) in [5.41, 5.74) is 4.55. The number of hydrogen-bond donors (Lipinski definition) is 0. The Balaban J connectivity index is 2.41. The minimum atomic E-state index is 0.576. The lowest BCUT2D eigenvalue weighted by Gasteiger charge is -2.32. The van der Waals surface area contributed by atoms with Gasteiger partial charge in [0.25, 0.3) is 0 Å². The molecule has 0 saturated heterocycles. The molecule has 0 saturated carbocycles. The van der Waals surface area contributed by atoms with Crippen molar-refractivity contribution in [2.45, 2.75) is 39.2 Å². The highest BCUT2D eigenvalue weighted by Gasteiger charge is 2.20. The van der Waals surface area contributed by atoms with E-state index in [-0.39, 0.29) is 0 Å². The highest BCUT2D eigenvalue weighted by Crippen LogP contribution is 2.30. The molecule has 0 spiro atoms. The van der Waals surface area contributed by atoms with Gasteiger partial charge in [-0.3, -0.25) is 4.90 Å². The summed E-state index contributed by atoms with van der Waals surface area (Å²) >= 11 is 0. The second kappa shape index (κ2) is 3.97. The summed E-state index contributed by atoms with van der Waals surface area (Å²) in [7, 11) is 2.22. The molecule has 1 heterocycles. The Hall–Kier alpha value is -0.820. The minimum absolute atomic E-state index is 0.576. The molecule has 15 heavy (non-hydrogen) atoms. The summed E-state index contributed by atoms with van der Waals surface area (Å²) in [4.78, 5) is 2.44. The van der Waals surface area contributed by atoms with Crippen LogP contribution in [0.2, 0.25) is 0 Å². The summed E-state index contributed by atoms with van der Waals surface area (Å²) in [5.74, 6) is 0.634. The van der Waals surface area contributed by atoms with Gasteiger partial charge in [-0.25, -0.2) is 0 Å². The van der Waals surface area contributed by atoms with Gasteiger partial charge in [0, 0.05) is 12.6 Å². The van der Waals surface area contributed by atoms with E-state index in [2.05, 4.69) is 50.9 Å². The summed E-state index contributed by atoms with van der Waals surface area (Å²) in [5, 5.41) is 0. The molecular weight excluding hydrogens is 182 g/mol. The van der Waals surface area contributed by atoms with Crippen LogP contribution in [0.3, 0.4) is 0 Å². The third kappa shape index (κ3) is 1.93. The molecule has 1 aliphatic heterocycles. The van der Waals surface area contributed by atoms with Crippen molar-refractivity contribution in [2.75, 3.05) is 13.6 Å². The summed E-state index contributed by atoms with van der Waals surface area (Å²) in [6.45, 7) is 8.02. The van der Waals surface area contributed by atoms with Crippen LogP contribution in [0.4, 0.5) is 0 Å². The lowest BCUT2D eigenvalue weighted by Crippen LogP contribution is -2.30. The number of likely N-dealkylation sites (N-methyl/N-ethyl adjacent to an activating group) is 1. The van der Waals surface area contributed by atoms with Crippen LogP contribution in [-0.2, 0) is 6.42 Å². The Morgan fingerprint density at radius 2 is 2.07 bits per heavy atom. The molecule has 1 aliphatic rings. The Morgan fingerprint density at radius 3 is 2.73 bits per heavy atom. The maximum absolute atomic E-state index is 2.44. The standard InChI is InChI=1S/C14H21N/c1-10(2)13-6-5-12-7-8-15(4)11(3)14(12)9-13/h5-6,9-11H,7-8H2,1-4H3. The zero-order valence-corrected chi connectivity index (χ0v) is 10.2. The van der Waals surface area contributed by atoms with Crippen LogP contribution >= 0.6 is 0 Å². The maximum Gasteiger partial charge on any atom is 0.0319 e. The average Bonchev–Trinajstić information content (AvgIpc) is 2.23. The van der Waals surface area contributed by atoms with Crippen LogP contribution in [0.5, 0.6) is 0 Å². The number of benzene rings is 1. The fourth-order valence-electron chi connectivity index (χ4n) is 2.32. The van der Waals surface area contributed by atoms with Gasteiger partial charge in [-0.05, 0) is 43.0 Å². The summed E-state index contributed by atoms with van der Waals surface area (Å²) < 4.78 is 0. The van der Waals surface area contributed by atoms with Crippen LogP contribution < -0.4 is 0 Å². The first kappa shape index (κ1) is 10.7. The first-order valence-corrected chi connectivity index (χ1v) is 5.92. The van der Waals surface area contributed by atoms with E-state index < -0.39 is 0 Å². The molecule has 1 atom stereocenters.